The molecule has 1 radical (unpaired) electrons. The van der Waals surface area contributed by atoms with Crippen molar-refractivity contribution in [2.45, 2.75) is 6.92 Å². The molecule has 0 bridgehead atoms. The second-order valence-corrected chi connectivity index (χ2v) is 4.30. The quantitative estimate of drug-likeness (QED) is 0.850. The summed E-state index contributed by atoms with van der Waals surface area (Å²) in [5.41, 5.74) is 1.79. The lowest BCUT2D eigenvalue weighted by Crippen LogP contribution is -1.99. The Kier molecular flexibility index (Phi) is 3.60. The third-order valence-corrected chi connectivity index (χ3v) is 3.00. The fraction of sp³-hybridized carbons (Fsp3) is 0.167. The number of aryl methyl sites for hydroxylation is 1. The molecule has 0 aliphatic carbocycles. The molecular formula is C12H11Cl2N2O. The summed E-state index contributed by atoms with van der Waals surface area (Å²) in [5, 5.41) is 5.31. The molecule has 0 aliphatic heterocycles. The van der Waals surface area contributed by atoms with Crippen LogP contribution in [-0.4, -0.2) is 16.4 Å². The molecule has 2 rings (SSSR count). The van der Waals surface area contributed by atoms with Crippen molar-refractivity contribution in [2.75, 3.05) is 6.61 Å². The first kappa shape index (κ1) is 12.3. The molecular weight excluding hydrogens is 259 g/mol. The Bertz CT molecular complexity index is 537. The average Bonchev–Trinajstić information content (AvgIpc) is 2.64. The van der Waals surface area contributed by atoms with E-state index in [1.165, 1.54) is 0 Å². The van der Waals surface area contributed by atoms with Gasteiger partial charge in [-0.25, -0.2) is 4.68 Å². The zero-order valence-corrected chi connectivity index (χ0v) is 10.8. The van der Waals surface area contributed by atoms with Crippen molar-refractivity contribution in [1.29, 1.82) is 0 Å². The SMILES string of the molecule is [CH2]COc1cc(C)n(-c2ccc(Cl)c(Cl)c2)n1. The van der Waals surface area contributed by atoms with E-state index in [1.807, 2.05) is 19.1 Å². The summed E-state index contributed by atoms with van der Waals surface area (Å²) in [7, 11) is 0. The Morgan fingerprint density at radius 3 is 2.71 bits per heavy atom. The first-order valence-corrected chi connectivity index (χ1v) is 5.81. The molecule has 0 atom stereocenters. The van der Waals surface area contributed by atoms with Gasteiger partial charge in [0.25, 0.3) is 0 Å². The van der Waals surface area contributed by atoms with Crippen molar-refractivity contribution >= 4 is 23.2 Å². The Labute approximate surface area is 110 Å². The summed E-state index contributed by atoms with van der Waals surface area (Å²) >= 11 is 11.8. The molecule has 0 spiro atoms. The molecule has 0 N–H and O–H groups in total. The third kappa shape index (κ3) is 2.56. The molecule has 0 unspecified atom stereocenters. The minimum absolute atomic E-state index is 0.345. The number of aromatic nitrogens is 2. The Balaban J connectivity index is 2.41. The van der Waals surface area contributed by atoms with Crippen LogP contribution in [0.1, 0.15) is 5.69 Å². The highest BCUT2D eigenvalue weighted by molar-refractivity contribution is 6.42. The van der Waals surface area contributed by atoms with Crippen molar-refractivity contribution in [2.24, 2.45) is 0 Å². The summed E-state index contributed by atoms with van der Waals surface area (Å²) in [4.78, 5) is 0. The van der Waals surface area contributed by atoms with E-state index in [1.54, 1.807) is 16.8 Å². The maximum Gasteiger partial charge on any atom is 0.233 e. The van der Waals surface area contributed by atoms with Crippen LogP contribution in [-0.2, 0) is 0 Å². The predicted octanol–water partition coefficient (Wildman–Crippen LogP) is 3.70. The van der Waals surface area contributed by atoms with Gasteiger partial charge in [-0.05, 0) is 32.0 Å². The minimum Gasteiger partial charge on any atom is -0.477 e. The fourth-order valence-electron chi connectivity index (χ4n) is 1.50. The van der Waals surface area contributed by atoms with Crippen LogP contribution in [0, 0.1) is 13.8 Å². The van der Waals surface area contributed by atoms with Gasteiger partial charge in [0.05, 0.1) is 22.3 Å². The largest absolute Gasteiger partial charge is 0.477 e. The maximum absolute atomic E-state index is 5.97. The van der Waals surface area contributed by atoms with Crippen LogP contribution >= 0.6 is 23.2 Å². The van der Waals surface area contributed by atoms with Crippen LogP contribution in [0.4, 0.5) is 0 Å². The fourth-order valence-corrected chi connectivity index (χ4v) is 1.79. The van der Waals surface area contributed by atoms with Gasteiger partial charge < -0.3 is 4.74 Å². The van der Waals surface area contributed by atoms with Crippen LogP contribution in [0.15, 0.2) is 24.3 Å². The van der Waals surface area contributed by atoms with E-state index in [-0.39, 0.29) is 0 Å². The number of benzene rings is 1. The number of ether oxygens (including phenoxy) is 1. The zero-order chi connectivity index (χ0) is 12.4. The minimum atomic E-state index is 0.345. The summed E-state index contributed by atoms with van der Waals surface area (Å²) < 4.78 is 6.98. The summed E-state index contributed by atoms with van der Waals surface area (Å²) in [6.07, 6.45) is 0. The lowest BCUT2D eigenvalue weighted by Gasteiger charge is -2.05. The topological polar surface area (TPSA) is 27.1 Å². The van der Waals surface area contributed by atoms with Gasteiger partial charge in [-0.1, -0.05) is 23.2 Å². The first-order valence-electron chi connectivity index (χ1n) is 5.06. The molecule has 17 heavy (non-hydrogen) atoms. The number of hydrogen-bond acceptors (Lipinski definition) is 2. The van der Waals surface area contributed by atoms with Gasteiger partial charge in [0.2, 0.25) is 5.88 Å². The number of nitrogens with zero attached hydrogens (tertiary/aromatic N) is 2. The van der Waals surface area contributed by atoms with E-state index in [0.717, 1.165) is 11.4 Å². The van der Waals surface area contributed by atoms with E-state index in [9.17, 15) is 0 Å². The summed E-state index contributed by atoms with van der Waals surface area (Å²) in [6.45, 7) is 5.89. The molecule has 0 saturated heterocycles. The Morgan fingerprint density at radius 2 is 2.06 bits per heavy atom. The molecule has 0 aliphatic rings. The molecule has 89 valence electrons. The Morgan fingerprint density at radius 1 is 1.29 bits per heavy atom. The van der Waals surface area contributed by atoms with Crippen molar-refractivity contribution in [1.82, 2.24) is 9.78 Å². The van der Waals surface area contributed by atoms with Crippen molar-refractivity contribution in [3.8, 4) is 11.6 Å². The van der Waals surface area contributed by atoms with Crippen molar-refractivity contribution < 1.29 is 4.74 Å². The smallest absolute Gasteiger partial charge is 0.233 e. The van der Waals surface area contributed by atoms with Crippen LogP contribution in [0.3, 0.4) is 0 Å². The van der Waals surface area contributed by atoms with Crippen molar-refractivity contribution in [3.63, 3.8) is 0 Å². The zero-order valence-electron chi connectivity index (χ0n) is 9.28. The van der Waals surface area contributed by atoms with Gasteiger partial charge in [0.15, 0.2) is 0 Å². The number of halogens is 2. The first-order chi connectivity index (χ1) is 8.11. The average molecular weight is 270 g/mol. The van der Waals surface area contributed by atoms with Crippen molar-refractivity contribution in [3.05, 3.63) is 46.9 Å². The lowest BCUT2D eigenvalue weighted by atomic mass is 10.3. The van der Waals surface area contributed by atoms with Gasteiger partial charge in [-0.2, -0.15) is 0 Å². The van der Waals surface area contributed by atoms with Gasteiger partial charge in [-0.3, -0.25) is 0 Å². The van der Waals surface area contributed by atoms with E-state index in [0.29, 0.717) is 22.5 Å². The number of rotatable bonds is 3. The lowest BCUT2D eigenvalue weighted by molar-refractivity contribution is 0.344. The summed E-state index contributed by atoms with van der Waals surface area (Å²) in [6, 6.07) is 7.19. The normalized spacial score (nSPS) is 10.6. The third-order valence-electron chi connectivity index (χ3n) is 2.26. The standard InChI is InChI=1S/C12H11Cl2N2O/c1-3-17-12-6-8(2)16(15-12)9-4-5-10(13)11(14)7-9/h4-7H,1,3H2,2H3. The van der Waals surface area contributed by atoms with Crippen LogP contribution < -0.4 is 4.74 Å². The van der Waals surface area contributed by atoms with Crippen LogP contribution in [0.25, 0.3) is 5.69 Å². The number of hydrogen-bond donors (Lipinski definition) is 0. The van der Waals surface area contributed by atoms with Crippen LogP contribution in [0.5, 0.6) is 5.88 Å². The van der Waals surface area contributed by atoms with E-state index < -0.39 is 0 Å². The highest BCUT2D eigenvalue weighted by atomic mass is 35.5. The van der Waals surface area contributed by atoms with E-state index >= 15 is 0 Å². The van der Waals surface area contributed by atoms with Gasteiger partial charge in [0, 0.05) is 11.8 Å². The highest BCUT2D eigenvalue weighted by Crippen LogP contribution is 2.25. The molecule has 1 aromatic carbocycles. The second-order valence-electron chi connectivity index (χ2n) is 3.48. The predicted molar refractivity (Wildman–Crippen MR) is 69.2 cm³/mol. The Hall–Kier alpha value is -1.19. The van der Waals surface area contributed by atoms with E-state index in [2.05, 4.69) is 12.0 Å². The van der Waals surface area contributed by atoms with Crippen LogP contribution in [0.2, 0.25) is 10.0 Å². The summed E-state index contributed by atoms with van der Waals surface area (Å²) in [5.74, 6) is 0.545. The van der Waals surface area contributed by atoms with Gasteiger partial charge in [-0.15, -0.1) is 5.10 Å². The maximum atomic E-state index is 5.97. The monoisotopic (exact) mass is 269 g/mol. The second kappa shape index (κ2) is 4.98. The molecule has 3 nitrogen and oxygen atoms in total. The van der Waals surface area contributed by atoms with Gasteiger partial charge in [0.1, 0.15) is 0 Å². The van der Waals surface area contributed by atoms with E-state index in [4.69, 9.17) is 27.9 Å². The van der Waals surface area contributed by atoms with Gasteiger partial charge >= 0.3 is 0 Å². The molecule has 1 aromatic heterocycles. The molecule has 0 fully saturated rings. The molecule has 0 amide bonds. The molecule has 5 heteroatoms. The molecule has 0 saturated carbocycles. The molecule has 2 aromatic rings. The highest BCUT2D eigenvalue weighted by Gasteiger charge is 2.08. The molecule has 1 heterocycles.